The number of carboxylic acids is 1. The summed E-state index contributed by atoms with van der Waals surface area (Å²) in [7, 11) is 0. The summed E-state index contributed by atoms with van der Waals surface area (Å²) in [5.74, 6) is 0.661. The third-order valence-electron chi connectivity index (χ3n) is 1.94. The van der Waals surface area contributed by atoms with Crippen LogP contribution >= 0.6 is 11.8 Å². The Balaban J connectivity index is 2.19. The predicted octanol–water partition coefficient (Wildman–Crippen LogP) is 0.932. The quantitative estimate of drug-likeness (QED) is 0.610. The standard InChI is InChI=1S/C8H15NO2S/c9-4-1-5-12-7(8(10)11)6-2-3-6/h6-7H,1-5,9H2,(H,10,11). The number of nitrogens with two attached hydrogens (primary N) is 1. The van der Waals surface area contributed by atoms with E-state index in [1.165, 1.54) is 0 Å². The van der Waals surface area contributed by atoms with Crippen LogP contribution in [0, 0.1) is 5.92 Å². The third-order valence-corrected chi connectivity index (χ3v) is 3.41. The molecule has 1 saturated carbocycles. The van der Waals surface area contributed by atoms with Crippen molar-refractivity contribution < 1.29 is 9.90 Å². The normalized spacial score (nSPS) is 19.1. The van der Waals surface area contributed by atoms with E-state index in [4.69, 9.17) is 10.8 Å². The van der Waals surface area contributed by atoms with E-state index in [0.29, 0.717) is 12.5 Å². The monoisotopic (exact) mass is 189 g/mol. The van der Waals surface area contributed by atoms with Crippen molar-refractivity contribution in [3.05, 3.63) is 0 Å². The molecule has 4 heteroatoms. The van der Waals surface area contributed by atoms with Gasteiger partial charge in [0.25, 0.3) is 0 Å². The Morgan fingerprint density at radius 2 is 2.33 bits per heavy atom. The zero-order chi connectivity index (χ0) is 8.97. The van der Waals surface area contributed by atoms with Gasteiger partial charge in [0.15, 0.2) is 0 Å². The van der Waals surface area contributed by atoms with Crippen molar-refractivity contribution in [2.45, 2.75) is 24.5 Å². The molecule has 1 atom stereocenters. The summed E-state index contributed by atoms with van der Waals surface area (Å²) in [4.78, 5) is 10.7. The van der Waals surface area contributed by atoms with Gasteiger partial charge in [0.2, 0.25) is 0 Å². The molecular weight excluding hydrogens is 174 g/mol. The molecular formula is C8H15NO2S. The molecule has 1 unspecified atom stereocenters. The van der Waals surface area contributed by atoms with E-state index in [-0.39, 0.29) is 5.25 Å². The zero-order valence-electron chi connectivity index (χ0n) is 7.03. The van der Waals surface area contributed by atoms with Crippen molar-refractivity contribution in [2.24, 2.45) is 11.7 Å². The van der Waals surface area contributed by atoms with Crippen LogP contribution in [0.5, 0.6) is 0 Å². The van der Waals surface area contributed by atoms with Crippen LogP contribution in [0.25, 0.3) is 0 Å². The van der Waals surface area contributed by atoms with Gasteiger partial charge < -0.3 is 10.8 Å². The van der Waals surface area contributed by atoms with Gasteiger partial charge >= 0.3 is 5.97 Å². The molecule has 0 spiro atoms. The highest BCUT2D eigenvalue weighted by atomic mass is 32.2. The molecule has 1 aliphatic carbocycles. The first-order valence-corrected chi connectivity index (χ1v) is 5.35. The van der Waals surface area contributed by atoms with Gasteiger partial charge in [-0.25, -0.2) is 0 Å². The predicted molar refractivity (Wildman–Crippen MR) is 50.3 cm³/mol. The van der Waals surface area contributed by atoms with Gasteiger partial charge in [-0.05, 0) is 37.5 Å². The van der Waals surface area contributed by atoms with E-state index in [0.717, 1.165) is 25.0 Å². The van der Waals surface area contributed by atoms with Gasteiger partial charge in [-0.3, -0.25) is 4.79 Å². The van der Waals surface area contributed by atoms with E-state index >= 15 is 0 Å². The third kappa shape index (κ3) is 3.03. The summed E-state index contributed by atoms with van der Waals surface area (Å²) in [6.07, 6.45) is 3.10. The number of hydrogen-bond acceptors (Lipinski definition) is 3. The molecule has 12 heavy (non-hydrogen) atoms. The maximum atomic E-state index is 10.7. The fraction of sp³-hybridized carbons (Fsp3) is 0.875. The van der Waals surface area contributed by atoms with E-state index in [2.05, 4.69) is 0 Å². The topological polar surface area (TPSA) is 63.3 Å². The number of carbonyl (C=O) groups is 1. The van der Waals surface area contributed by atoms with Crippen LogP contribution in [0.4, 0.5) is 0 Å². The van der Waals surface area contributed by atoms with Gasteiger partial charge in [0, 0.05) is 0 Å². The number of carboxylic acid groups (broad SMARTS) is 1. The molecule has 70 valence electrons. The summed E-state index contributed by atoms with van der Waals surface area (Å²) in [6.45, 7) is 0.657. The SMILES string of the molecule is NCCCSC(C(=O)O)C1CC1. The van der Waals surface area contributed by atoms with Gasteiger partial charge in [0.1, 0.15) is 5.25 Å². The summed E-state index contributed by atoms with van der Waals surface area (Å²) in [5, 5.41) is 8.66. The highest BCUT2D eigenvalue weighted by Crippen LogP contribution is 2.39. The number of thioether (sulfide) groups is 1. The van der Waals surface area contributed by atoms with Crippen LogP contribution in [0.15, 0.2) is 0 Å². The molecule has 0 amide bonds. The lowest BCUT2D eigenvalue weighted by Crippen LogP contribution is -2.19. The smallest absolute Gasteiger partial charge is 0.316 e. The Morgan fingerprint density at radius 3 is 2.75 bits per heavy atom. The molecule has 0 saturated heterocycles. The van der Waals surface area contributed by atoms with Crippen LogP contribution in [-0.4, -0.2) is 28.6 Å². The fourth-order valence-corrected chi connectivity index (χ4v) is 2.38. The second-order valence-corrected chi connectivity index (χ2v) is 4.36. The molecule has 1 aliphatic rings. The Kier molecular flexibility index (Phi) is 3.88. The largest absolute Gasteiger partial charge is 0.480 e. The Hall–Kier alpha value is -0.220. The van der Waals surface area contributed by atoms with Crippen molar-refractivity contribution in [2.75, 3.05) is 12.3 Å². The van der Waals surface area contributed by atoms with Gasteiger partial charge in [-0.1, -0.05) is 0 Å². The van der Waals surface area contributed by atoms with Gasteiger partial charge in [-0.15, -0.1) is 11.8 Å². The molecule has 0 heterocycles. The molecule has 0 aromatic carbocycles. The molecule has 1 rings (SSSR count). The van der Waals surface area contributed by atoms with Crippen molar-refractivity contribution in [3.63, 3.8) is 0 Å². The van der Waals surface area contributed by atoms with Crippen molar-refractivity contribution in [1.29, 1.82) is 0 Å². The first-order chi connectivity index (χ1) is 5.75. The lowest BCUT2D eigenvalue weighted by Gasteiger charge is -2.09. The summed E-state index contributed by atoms with van der Waals surface area (Å²) in [6, 6.07) is 0. The second kappa shape index (κ2) is 4.72. The summed E-state index contributed by atoms with van der Waals surface area (Å²) < 4.78 is 0. The molecule has 0 aliphatic heterocycles. The summed E-state index contributed by atoms with van der Waals surface area (Å²) >= 11 is 1.55. The van der Waals surface area contributed by atoms with Crippen LogP contribution < -0.4 is 5.73 Å². The first kappa shape index (κ1) is 9.86. The number of aliphatic carboxylic acids is 1. The van der Waals surface area contributed by atoms with Gasteiger partial charge in [0.05, 0.1) is 0 Å². The van der Waals surface area contributed by atoms with E-state index in [9.17, 15) is 4.79 Å². The fourth-order valence-electron chi connectivity index (χ4n) is 1.10. The molecule has 0 radical (unpaired) electrons. The Labute approximate surface area is 76.7 Å². The van der Waals surface area contributed by atoms with E-state index < -0.39 is 5.97 Å². The molecule has 0 bridgehead atoms. The van der Waals surface area contributed by atoms with Gasteiger partial charge in [-0.2, -0.15) is 0 Å². The Bertz CT molecular complexity index is 159. The highest BCUT2D eigenvalue weighted by Gasteiger charge is 2.36. The minimum atomic E-state index is -0.653. The minimum absolute atomic E-state index is 0.170. The number of rotatable bonds is 6. The first-order valence-electron chi connectivity index (χ1n) is 4.30. The van der Waals surface area contributed by atoms with E-state index in [1.807, 2.05) is 0 Å². The van der Waals surface area contributed by atoms with Crippen LogP contribution in [-0.2, 0) is 4.79 Å². The van der Waals surface area contributed by atoms with Crippen molar-refractivity contribution in [3.8, 4) is 0 Å². The molecule has 0 aromatic rings. The molecule has 1 fully saturated rings. The maximum absolute atomic E-state index is 10.7. The summed E-state index contributed by atoms with van der Waals surface area (Å²) in [5.41, 5.74) is 5.32. The average molecular weight is 189 g/mol. The van der Waals surface area contributed by atoms with E-state index in [1.54, 1.807) is 11.8 Å². The highest BCUT2D eigenvalue weighted by molar-refractivity contribution is 8.00. The average Bonchev–Trinajstić information content (AvgIpc) is 2.80. The van der Waals surface area contributed by atoms with Crippen LogP contribution in [0.3, 0.4) is 0 Å². The van der Waals surface area contributed by atoms with Crippen molar-refractivity contribution >= 4 is 17.7 Å². The lowest BCUT2D eigenvalue weighted by molar-refractivity contribution is -0.136. The zero-order valence-corrected chi connectivity index (χ0v) is 7.85. The molecule has 3 nitrogen and oxygen atoms in total. The lowest BCUT2D eigenvalue weighted by atomic mass is 10.3. The second-order valence-electron chi connectivity index (χ2n) is 3.11. The maximum Gasteiger partial charge on any atom is 0.316 e. The Morgan fingerprint density at radius 1 is 1.67 bits per heavy atom. The molecule has 3 N–H and O–H groups in total. The van der Waals surface area contributed by atoms with Crippen LogP contribution in [0.2, 0.25) is 0 Å². The van der Waals surface area contributed by atoms with Crippen LogP contribution in [0.1, 0.15) is 19.3 Å². The number of hydrogen-bond donors (Lipinski definition) is 2. The van der Waals surface area contributed by atoms with Crippen molar-refractivity contribution in [1.82, 2.24) is 0 Å². The molecule has 0 aromatic heterocycles. The minimum Gasteiger partial charge on any atom is -0.480 e.